The van der Waals surface area contributed by atoms with Crippen LogP contribution in [0, 0.1) is 19.3 Å². The Kier molecular flexibility index (Phi) is 6.37. The molecule has 2 aromatic carbocycles. The summed E-state index contributed by atoms with van der Waals surface area (Å²) in [5, 5.41) is 2.90. The second-order valence-corrected chi connectivity index (χ2v) is 7.39. The fraction of sp³-hybridized carbons (Fsp3) is 0.0952. The molecule has 1 saturated heterocycles. The lowest BCUT2D eigenvalue weighted by Crippen LogP contribution is -2.54. The molecule has 1 fully saturated rings. The molecule has 3 rings (SSSR count). The Morgan fingerprint density at radius 2 is 1.90 bits per heavy atom. The number of urea groups is 1. The first-order valence-electron chi connectivity index (χ1n) is 8.46. The lowest BCUT2D eigenvalue weighted by molar-refractivity contribution is -0.122. The van der Waals surface area contributed by atoms with Gasteiger partial charge in [0.15, 0.2) is 0 Å². The van der Waals surface area contributed by atoms with Gasteiger partial charge in [-0.25, -0.2) is 9.69 Å². The molecule has 0 atom stereocenters. The standard InChI is InChI=1S/C21H13Cl3N2O4/c1-3-7-30-18-12(8-13(22)10-16(18)24)9-14-19(27)25-21(29)26(20(14)28)17-6-4-5-15(23)11(17)2/h1,4-6,8-10H,7H2,2H3,(H,25,27,29)/b14-9+. The molecule has 0 bridgehead atoms. The van der Waals surface area contributed by atoms with Crippen molar-refractivity contribution in [2.24, 2.45) is 0 Å². The number of benzene rings is 2. The SMILES string of the molecule is C#CCOc1c(Cl)cc(Cl)cc1/C=C1\C(=O)NC(=O)N(c2cccc(Cl)c2C)C1=O. The summed E-state index contributed by atoms with van der Waals surface area (Å²) in [6.45, 7) is 1.56. The highest BCUT2D eigenvalue weighted by molar-refractivity contribution is 6.40. The molecule has 0 spiro atoms. The van der Waals surface area contributed by atoms with Crippen LogP contribution in [0.3, 0.4) is 0 Å². The molecule has 4 amide bonds. The van der Waals surface area contributed by atoms with Gasteiger partial charge >= 0.3 is 6.03 Å². The number of carbonyl (C=O) groups is 3. The van der Waals surface area contributed by atoms with Crippen LogP contribution >= 0.6 is 34.8 Å². The van der Waals surface area contributed by atoms with Gasteiger partial charge in [-0.1, -0.05) is 46.8 Å². The van der Waals surface area contributed by atoms with Crippen molar-refractivity contribution >= 4 is 64.4 Å². The second kappa shape index (κ2) is 8.80. The van der Waals surface area contributed by atoms with Crippen molar-refractivity contribution in [3.8, 4) is 18.1 Å². The largest absolute Gasteiger partial charge is 0.479 e. The fourth-order valence-electron chi connectivity index (χ4n) is 2.82. The van der Waals surface area contributed by atoms with E-state index >= 15 is 0 Å². The van der Waals surface area contributed by atoms with Gasteiger partial charge in [0.2, 0.25) is 0 Å². The monoisotopic (exact) mass is 462 g/mol. The van der Waals surface area contributed by atoms with Crippen LogP contribution in [-0.2, 0) is 9.59 Å². The van der Waals surface area contributed by atoms with E-state index in [2.05, 4.69) is 11.2 Å². The molecule has 9 heteroatoms. The van der Waals surface area contributed by atoms with E-state index in [0.29, 0.717) is 10.6 Å². The molecule has 1 N–H and O–H groups in total. The lowest BCUT2D eigenvalue weighted by Gasteiger charge is -2.28. The molecule has 1 aliphatic rings. The average Bonchev–Trinajstić information content (AvgIpc) is 2.67. The van der Waals surface area contributed by atoms with Gasteiger partial charge in [-0.2, -0.15) is 0 Å². The smallest absolute Gasteiger partial charge is 0.335 e. The number of nitrogens with zero attached hydrogens (tertiary/aromatic N) is 1. The summed E-state index contributed by atoms with van der Waals surface area (Å²) < 4.78 is 5.44. The van der Waals surface area contributed by atoms with Crippen LogP contribution in [0.15, 0.2) is 35.9 Å². The number of anilines is 1. The number of imide groups is 2. The van der Waals surface area contributed by atoms with E-state index in [1.165, 1.54) is 18.2 Å². The van der Waals surface area contributed by atoms with Gasteiger partial charge in [0.05, 0.1) is 10.7 Å². The van der Waals surface area contributed by atoms with E-state index in [4.69, 9.17) is 46.0 Å². The number of rotatable bonds is 4. The van der Waals surface area contributed by atoms with Crippen LogP contribution in [0.5, 0.6) is 5.75 Å². The molecule has 0 radical (unpaired) electrons. The van der Waals surface area contributed by atoms with Gasteiger partial charge in [0.25, 0.3) is 11.8 Å². The predicted molar refractivity (Wildman–Crippen MR) is 116 cm³/mol. The van der Waals surface area contributed by atoms with Crippen molar-refractivity contribution in [1.82, 2.24) is 5.32 Å². The lowest BCUT2D eigenvalue weighted by atomic mass is 10.0. The van der Waals surface area contributed by atoms with Gasteiger partial charge in [-0.05, 0) is 42.8 Å². The first-order chi connectivity index (χ1) is 14.2. The van der Waals surface area contributed by atoms with E-state index in [9.17, 15) is 14.4 Å². The Balaban J connectivity index is 2.12. The Labute approximate surface area is 187 Å². The average molecular weight is 464 g/mol. The number of terminal acetylenes is 1. The van der Waals surface area contributed by atoms with Crippen molar-refractivity contribution < 1.29 is 19.1 Å². The number of hydrogen-bond donors (Lipinski definition) is 1. The molecule has 1 heterocycles. The highest BCUT2D eigenvalue weighted by Crippen LogP contribution is 2.35. The van der Waals surface area contributed by atoms with Gasteiger partial charge in [-0.3, -0.25) is 14.9 Å². The normalized spacial score (nSPS) is 15.2. The maximum atomic E-state index is 13.1. The first kappa shape index (κ1) is 21.7. The zero-order valence-corrected chi connectivity index (χ0v) is 17.7. The number of ether oxygens (including phenoxy) is 1. The third-order valence-electron chi connectivity index (χ3n) is 4.22. The minimum Gasteiger partial charge on any atom is -0.479 e. The summed E-state index contributed by atoms with van der Waals surface area (Å²) >= 11 is 18.3. The zero-order chi connectivity index (χ0) is 22.0. The van der Waals surface area contributed by atoms with E-state index in [-0.39, 0.29) is 39.2 Å². The number of amides is 4. The highest BCUT2D eigenvalue weighted by Gasteiger charge is 2.37. The number of nitrogens with one attached hydrogen (secondary N) is 1. The molecule has 0 saturated carbocycles. The molecule has 0 unspecified atom stereocenters. The predicted octanol–water partition coefficient (Wildman–Crippen LogP) is 4.63. The van der Waals surface area contributed by atoms with E-state index in [1.54, 1.807) is 25.1 Å². The third-order valence-corrected chi connectivity index (χ3v) is 5.13. The summed E-state index contributed by atoms with van der Waals surface area (Å²) in [7, 11) is 0. The summed E-state index contributed by atoms with van der Waals surface area (Å²) in [6.07, 6.45) is 6.46. The van der Waals surface area contributed by atoms with Crippen molar-refractivity contribution in [3.05, 3.63) is 62.1 Å². The molecule has 152 valence electrons. The number of halogens is 3. The maximum absolute atomic E-state index is 13.1. The van der Waals surface area contributed by atoms with Crippen molar-refractivity contribution in [2.75, 3.05) is 11.5 Å². The van der Waals surface area contributed by atoms with Crippen LogP contribution in [-0.4, -0.2) is 24.5 Å². The highest BCUT2D eigenvalue weighted by atomic mass is 35.5. The Morgan fingerprint density at radius 3 is 2.60 bits per heavy atom. The molecular formula is C21H13Cl3N2O4. The van der Waals surface area contributed by atoms with Crippen molar-refractivity contribution in [3.63, 3.8) is 0 Å². The van der Waals surface area contributed by atoms with Gasteiger partial charge in [-0.15, -0.1) is 6.42 Å². The van der Waals surface area contributed by atoms with E-state index in [1.807, 2.05) is 0 Å². The van der Waals surface area contributed by atoms with Gasteiger partial charge in [0, 0.05) is 15.6 Å². The third kappa shape index (κ3) is 4.14. The van der Waals surface area contributed by atoms with Crippen LogP contribution in [0.4, 0.5) is 10.5 Å². The number of hydrogen-bond acceptors (Lipinski definition) is 4. The first-order valence-corrected chi connectivity index (χ1v) is 9.60. The van der Waals surface area contributed by atoms with Crippen LogP contribution < -0.4 is 15.0 Å². The zero-order valence-electron chi connectivity index (χ0n) is 15.5. The van der Waals surface area contributed by atoms with Crippen LogP contribution in [0.2, 0.25) is 15.1 Å². The summed E-state index contributed by atoms with van der Waals surface area (Å²) in [5.74, 6) is 0.739. The quantitative estimate of drug-likeness (QED) is 0.407. The van der Waals surface area contributed by atoms with Gasteiger partial charge in [0.1, 0.15) is 17.9 Å². The summed E-state index contributed by atoms with van der Waals surface area (Å²) in [6, 6.07) is 6.76. The summed E-state index contributed by atoms with van der Waals surface area (Å²) in [5.41, 5.74) is 0.674. The molecule has 6 nitrogen and oxygen atoms in total. The van der Waals surface area contributed by atoms with Crippen molar-refractivity contribution in [2.45, 2.75) is 6.92 Å². The van der Waals surface area contributed by atoms with Crippen molar-refractivity contribution in [1.29, 1.82) is 0 Å². The fourth-order valence-corrected chi connectivity index (χ4v) is 3.56. The van der Waals surface area contributed by atoms with Gasteiger partial charge < -0.3 is 4.74 Å². The molecule has 1 aliphatic heterocycles. The molecule has 30 heavy (non-hydrogen) atoms. The maximum Gasteiger partial charge on any atom is 0.335 e. The van der Waals surface area contributed by atoms with E-state index in [0.717, 1.165) is 4.90 Å². The topological polar surface area (TPSA) is 75.7 Å². The molecule has 0 aliphatic carbocycles. The van der Waals surface area contributed by atoms with E-state index < -0.39 is 17.8 Å². The molecule has 0 aromatic heterocycles. The Hall–Kier alpha value is -2.98. The Bertz CT molecular complexity index is 1150. The van der Waals surface area contributed by atoms with Crippen LogP contribution in [0.1, 0.15) is 11.1 Å². The van der Waals surface area contributed by atoms with Crippen LogP contribution in [0.25, 0.3) is 6.08 Å². The number of barbiturate groups is 1. The summed E-state index contributed by atoms with van der Waals surface area (Å²) in [4.78, 5) is 38.8. The Morgan fingerprint density at radius 1 is 1.17 bits per heavy atom. The second-order valence-electron chi connectivity index (χ2n) is 6.14. The number of carbonyl (C=O) groups excluding carboxylic acids is 3. The molecule has 2 aromatic rings. The molecular weight excluding hydrogens is 451 g/mol. The minimum absolute atomic E-state index is 0.0933. The minimum atomic E-state index is -0.888.